The Morgan fingerprint density at radius 2 is 2.00 bits per heavy atom. The highest BCUT2D eigenvalue weighted by Crippen LogP contribution is 2.30. The number of halogens is 2. The Balaban J connectivity index is 2.09. The second-order valence-electron chi connectivity index (χ2n) is 6.02. The number of amides is 1. The minimum Gasteiger partial charge on any atom is -0.497 e. The predicted octanol–water partition coefficient (Wildman–Crippen LogP) is 2.68. The first-order chi connectivity index (χ1) is 13.9. The third-order valence-corrected chi connectivity index (χ3v) is 4.58. The van der Waals surface area contributed by atoms with Crippen molar-refractivity contribution in [3.63, 3.8) is 0 Å². The highest BCUT2D eigenvalue weighted by Gasteiger charge is 2.22. The van der Waals surface area contributed by atoms with Crippen LogP contribution in [-0.4, -0.2) is 32.5 Å². The number of primary amides is 1. The zero-order chi connectivity index (χ0) is 20.7. The van der Waals surface area contributed by atoms with Crippen LogP contribution in [-0.2, 0) is 0 Å². The number of carbonyl (C=O) groups is 1. The highest BCUT2D eigenvalue weighted by molar-refractivity contribution is 6.33. The quantitative estimate of drug-likeness (QED) is 0.533. The third-order valence-electron chi connectivity index (χ3n) is 4.27. The standard InChI is InChI=1S/C19H13ClFN5O3/c1-29-10-5-2-4-9(8-10)26-18-15(24-19(26)28)14(16(22)27)23-17(25-18)13-11(20)6-3-7-12(13)21/h2-8H,1H3,(H2,22,27)(H,24,28). The normalized spacial score (nSPS) is 11.0. The second kappa shape index (κ2) is 7.02. The lowest BCUT2D eigenvalue weighted by molar-refractivity contribution is 0.0997. The van der Waals surface area contributed by atoms with Crippen LogP contribution in [0.15, 0.2) is 47.3 Å². The van der Waals surface area contributed by atoms with Gasteiger partial charge in [0.25, 0.3) is 5.91 Å². The molecule has 0 saturated carbocycles. The van der Waals surface area contributed by atoms with Gasteiger partial charge in [-0.25, -0.2) is 23.7 Å². The van der Waals surface area contributed by atoms with Gasteiger partial charge in [-0.05, 0) is 24.3 Å². The summed E-state index contributed by atoms with van der Waals surface area (Å²) < 4.78 is 20.8. The Bertz CT molecular complexity index is 1310. The second-order valence-corrected chi connectivity index (χ2v) is 6.43. The van der Waals surface area contributed by atoms with E-state index >= 15 is 0 Å². The lowest BCUT2D eigenvalue weighted by Crippen LogP contribution is -2.15. The van der Waals surface area contributed by atoms with Crippen LogP contribution >= 0.6 is 11.6 Å². The zero-order valence-electron chi connectivity index (χ0n) is 14.9. The van der Waals surface area contributed by atoms with E-state index in [1.807, 2.05) is 0 Å². The number of nitrogens with two attached hydrogens (primary N) is 1. The van der Waals surface area contributed by atoms with Crippen LogP contribution in [0.4, 0.5) is 4.39 Å². The maximum absolute atomic E-state index is 14.4. The molecule has 3 N–H and O–H groups in total. The number of rotatable bonds is 4. The summed E-state index contributed by atoms with van der Waals surface area (Å²) in [5, 5.41) is 0.0468. The summed E-state index contributed by atoms with van der Waals surface area (Å²) in [6.07, 6.45) is 0. The number of fused-ring (bicyclic) bond motifs is 1. The van der Waals surface area contributed by atoms with E-state index in [9.17, 15) is 14.0 Å². The Morgan fingerprint density at radius 1 is 1.24 bits per heavy atom. The number of H-pyrrole nitrogens is 1. The molecule has 0 radical (unpaired) electrons. The Hall–Kier alpha value is -3.72. The number of carbonyl (C=O) groups excluding carboxylic acids is 1. The van der Waals surface area contributed by atoms with E-state index in [4.69, 9.17) is 22.1 Å². The molecule has 4 aromatic rings. The molecular weight excluding hydrogens is 401 g/mol. The maximum Gasteiger partial charge on any atom is 0.332 e. The molecule has 0 spiro atoms. The zero-order valence-corrected chi connectivity index (χ0v) is 15.7. The van der Waals surface area contributed by atoms with Crippen LogP contribution in [0.1, 0.15) is 10.5 Å². The fraction of sp³-hybridized carbons (Fsp3) is 0.0526. The van der Waals surface area contributed by atoms with Gasteiger partial charge in [0.1, 0.15) is 17.1 Å². The van der Waals surface area contributed by atoms with Crippen molar-refractivity contribution >= 4 is 28.7 Å². The SMILES string of the molecule is COc1cccc(-n2c(=O)[nH]c3c(C(N)=O)nc(-c4c(F)cccc4Cl)nc32)c1. The summed E-state index contributed by atoms with van der Waals surface area (Å²) in [4.78, 5) is 35.5. The predicted molar refractivity (Wildman–Crippen MR) is 105 cm³/mol. The van der Waals surface area contributed by atoms with Crippen molar-refractivity contribution in [3.05, 3.63) is 69.5 Å². The summed E-state index contributed by atoms with van der Waals surface area (Å²) in [6.45, 7) is 0. The van der Waals surface area contributed by atoms with Gasteiger partial charge in [0.15, 0.2) is 17.2 Å². The Morgan fingerprint density at radius 3 is 2.69 bits per heavy atom. The minimum atomic E-state index is -0.912. The number of aromatic nitrogens is 4. The van der Waals surface area contributed by atoms with Crippen LogP contribution in [0.3, 0.4) is 0 Å². The van der Waals surface area contributed by atoms with Crippen LogP contribution in [0.2, 0.25) is 5.02 Å². The molecule has 0 aliphatic heterocycles. The molecule has 146 valence electrons. The number of hydrogen-bond acceptors (Lipinski definition) is 5. The van der Waals surface area contributed by atoms with Crippen LogP contribution in [0.25, 0.3) is 28.2 Å². The molecule has 0 fully saturated rings. The van der Waals surface area contributed by atoms with Crippen molar-refractivity contribution in [2.45, 2.75) is 0 Å². The van der Waals surface area contributed by atoms with Gasteiger partial charge >= 0.3 is 5.69 Å². The smallest absolute Gasteiger partial charge is 0.332 e. The van der Waals surface area contributed by atoms with Gasteiger partial charge in [-0.2, -0.15) is 0 Å². The number of imidazole rings is 1. The average Bonchev–Trinajstić information content (AvgIpc) is 3.02. The average molecular weight is 414 g/mol. The first-order valence-corrected chi connectivity index (χ1v) is 8.70. The molecule has 0 aliphatic carbocycles. The molecule has 0 bridgehead atoms. The molecule has 29 heavy (non-hydrogen) atoms. The van der Waals surface area contributed by atoms with Crippen LogP contribution in [0.5, 0.6) is 5.75 Å². The van der Waals surface area contributed by atoms with Gasteiger partial charge in [-0.15, -0.1) is 0 Å². The van der Waals surface area contributed by atoms with E-state index in [-0.39, 0.29) is 33.3 Å². The van der Waals surface area contributed by atoms with Crippen molar-refractivity contribution in [1.82, 2.24) is 19.5 Å². The first kappa shape index (κ1) is 18.6. The summed E-state index contributed by atoms with van der Waals surface area (Å²) in [5.41, 5.74) is 4.98. The monoisotopic (exact) mass is 413 g/mol. The number of benzene rings is 2. The molecule has 4 rings (SSSR count). The fourth-order valence-corrected chi connectivity index (χ4v) is 3.22. The number of hydrogen-bond donors (Lipinski definition) is 2. The summed E-state index contributed by atoms with van der Waals surface area (Å²) in [5.74, 6) is -1.27. The van der Waals surface area contributed by atoms with E-state index in [0.717, 1.165) is 0 Å². The van der Waals surface area contributed by atoms with Crippen molar-refractivity contribution < 1.29 is 13.9 Å². The lowest BCUT2D eigenvalue weighted by atomic mass is 10.2. The topological polar surface area (TPSA) is 116 Å². The van der Waals surface area contributed by atoms with Gasteiger partial charge < -0.3 is 15.5 Å². The van der Waals surface area contributed by atoms with Gasteiger partial charge in [0.2, 0.25) is 0 Å². The first-order valence-electron chi connectivity index (χ1n) is 8.32. The summed E-state index contributed by atoms with van der Waals surface area (Å²) >= 11 is 6.12. The summed E-state index contributed by atoms with van der Waals surface area (Å²) in [6, 6.07) is 10.7. The number of methoxy groups -OCH3 is 1. The largest absolute Gasteiger partial charge is 0.497 e. The fourth-order valence-electron chi connectivity index (χ4n) is 2.98. The minimum absolute atomic E-state index is 0.0292. The molecule has 10 heteroatoms. The van der Waals surface area contributed by atoms with Crippen molar-refractivity contribution in [2.24, 2.45) is 5.73 Å². The molecule has 0 unspecified atom stereocenters. The summed E-state index contributed by atoms with van der Waals surface area (Å²) in [7, 11) is 1.49. The van der Waals surface area contributed by atoms with E-state index in [0.29, 0.717) is 11.4 Å². The van der Waals surface area contributed by atoms with Gasteiger partial charge in [-0.3, -0.25) is 4.79 Å². The van der Waals surface area contributed by atoms with E-state index in [2.05, 4.69) is 15.0 Å². The highest BCUT2D eigenvalue weighted by atomic mass is 35.5. The molecule has 2 aromatic carbocycles. The third kappa shape index (κ3) is 3.11. The van der Waals surface area contributed by atoms with Gasteiger partial charge in [-0.1, -0.05) is 23.7 Å². The maximum atomic E-state index is 14.4. The van der Waals surface area contributed by atoms with Crippen LogP contribution in [0, 0.1) is 5.82 Å². The molecule has 0 saturated heterocycles. The molecule has 1 amide bonds. The number of nitrogens with one attached hydrogen (secondary N) is 1. The number of aromatic amines is 1. The van der Waals surface area contributed by atoms with Crippen LogP contribution < -0.4 is 16.2 Å². The van der Waals surface area contributed by atoms with E-state index < -0.39 is 17.4 Å². The van der Waals surface area contributed by atoms with Crippen molar-refractivity contribution in [3.8, 4) is 22.8 Å². The van der Waals surface area contributed by atoms with E-state index in [1.54, 1.807) is 24.3 Å². The van der Waals surface area contributed by atoms with E-state index in [1.165, 1.54) is 29.9 Å². The molecule has 2 heterocycles. The Kier molecular flexibility index (Phi) is 4.51. The van der Waals surface area contributed by atoms with Gasteiger partial charge in [0.05, 0.1) is 23.4 Å². The molecule has 2 aromatic heterocycles. The molecule has 0 aliphatic rings. The van der Waals surface area contributed by atoms with Gasteiger partial charge in [0, 0.05) is 6.07 Å². The molecule has 0 atom stereocenters. The van der Waals surface area contributed by atoms with Crippen molar-refractivity contribution in [2.75, 3.05) is 7.11 Å². The molecular formula is C19H13ClFN5O3. The molecule has 8 nitrogen and oxygen atoms in total. The Labute approximate surface area is 167 Å². The lowest BCUT2D eigenvalue weighted by Gasteiger charge is -2.09. The number of ether oxygens (including phenoxy) is 1. The van der Waals surface area contributed by atoms with Crippen molar-refractivity contribution in [1.29, 1.82) is 0 Å². The number of nitrogens with zero attached hydrogens (tertiary/aromatic N) is 3.